The Balaban J connectivity index is 2.36. The summed E-state index contributed by atoms with van der Waals surface area (Å²) in [6, 6.07) is 7.16. The van der Waals surface area contributed by atoms with E-state index in [9.17, 15) is 8.42 Å². The predicted molar refractivity (Wildman–Crippen MR) is 78.6 cm³/mol. The molecule has 1 heterocycles. The molecule has 1 aromatic heterocycles. The second-order valence-electron chi connectivity index (χ2n) is 4.03. The molecule has 0 saturated heterocycles. The van der Waals surface area contributed by atoms with Gasteiger partial charge in [0.15, 0.2) is 0 Å². The molecule has 0 unspecified atom stereocenters. The van der Waals surface area contributed by atoms with Crippen LogP contribution in [0.5, 0.6) is 0 Å². The number of nitrogens with zero attached hydrogens (tertiary/aromatic N) is 1. The SMILES string of the molecule is O=S(=O)(CCCO)Nc1cccc2cc(Br)cnc12. The maximum absolute atomic E-state index is 11.8. The first-order valence-corrected chi connectivity index (χ1v) is 8.12. The van der Waals surface area contributed by atoms with E-state index >= 15 is 0 Å². The van der Waals surface area contributed by atoms with Crippen molar-refractivity contribution in [2.24, 2.45) is 0 Å². The molecule has 1 aromatic carbocycles. The van der Waals surface area contributed by atoms with Gasteiger partial charge in [0, 0.05) is 22.7 Å². The van der Waals surface area contributed by atoms with E-state index in [1.807, 2.05) is 12.1 Å². The van der Waals surface area contributed by atoms with Crippen molar-refractivity contribution >= 4 is 42.5 Å². The highest BCUT2D eigenvalue weighted by Gasteiger charge is 2.12. The maximum Gasteiger partial charge on any atom is 0.232 e. The maximum atomic E-state index is 11.8. The number of benzene rings is 1. The van der Waals surface area contributed by atoms with Crippen LogP contribution in [0.2, 0.25) is 0 Å². The number of para-hydroxylation sites is 1. The largest absolute Gasteiger partial charge is 0.396 e. The van der Waals surface area contributed by atoms with E-state index < -0.39 is 10.0 Å². The molecule has 0 bridgehead atoms. The van der Waals surface area contributed by atoms with Gasteiger partial charge in [-0.3, -0.25) is 9.71 Å². The summed E-state index contributed by atoms with van der Waals surface area (Å²) >= 11 is 3.32. The van der Waals surface area contributed by atoms with E-state index in [0.29, 0.717) is 11.2 Å². The van der Waals surface area contributed by atoms with Gasteiger partial charge in [0.25, 0.3) is 0 Å². The third-order valence-electron chi connectivity index (χ3n) is 2.51. The quantitative estimate of drug-likeness (QED) is 0.870. The third kappa shape index (κ3) is 3.65. The number of aliphatic hydroxyl groups is 1. The first kappa shape index (κ1) is 14.2. The van der Waals surface area contributed by atoms with Crippen molar-refractivity contribution in [1.82, 2.24) is 4.98 Å². The lowest BCUT2D eigenvalue weighted by molar-refractivity contribution is 0.295. The fourth-order valence-corrected chi connectivity index (χ4v) is 3.15. The van der Waals surface area contributed by atoms with Gasteiger partial charge in [-0.2, -0.15) is 0 Å². The average Bonchev–Trinajstić information content (AvgIpc) is 2.36. The molecule has 2 aromatic rings. The molecule has 0 atom stereocenters. The number of anilines is 1. The van der Waals surface area contributed by atoms with Crippen LogP contribution in [0.4, 0.5) is 5.69 Å². The van der Waals surface area contributed by atoms with Gasteiger partial charge in [0.05, 0.1) is 17.0 Å². The van der Waals surface area contributed by atoms with Gasteiger partial charge in [-0.05, 0) is 34.5 Å². The summed E-state index contributed by atoms with van der Waals surface area (Å²) in [6.45, 7) is -0.151. The van der Waals surface area contributed by atoms with Crippen molar-refractivity contribution in [2.75, 3.05) is 17.1 Å². The van der Waals surface area contributed by atoms with E-state index in [0.717, 1.165) is 9.86 Å². The number of halogens is 1. The van der Waals surface area contributed by atoms with E-state index in [1.165, 1.54) is 0 Å². The van der Waals surface area contributed by atoms with Gasteiger partial charge < -0.3 is 5.11 Å². The molecule has 0 radical (unpaired) electrons. The van der Waals surface area contributed by atoms with Crippen LogP contribution in [0.3, 0.4) is 0 Å². The highest BCUT2D eigenvalue weighted by atomic mass is 79.9. The van der Waals surface area contributed by atoms with E-state index in [-0.39, 0.29) is 18.8 Å². The van der Waals surface area contributed by atoms with Crippen molar-refractivity contribution in [2.45, 2.75) is 6.42 Å². The summed E-state index contributed by atoms with van der Waals surface area (Å²) in [6.07, 6.45) is 1.83. The minimum Gasteiger partial charge on any atom is -0.396 e. The Hall–Kier alpha value is -1.18. The van der Waals surface area contributed by atoms with Gasteiger partial charge in [-0.15, -0.1) is 0 Å². The molecule has 2 rings (SSSR count). The Morgan fingerprint density at radius 1 is 1.37 bits per heavy atom. The fraction of sp³-hybridized carbons (Fsp3) is 0.250. The number of pyridine rings is 1. The first-order valence-electron chi connectivity index (χ1n) is 5.67. The molecule has 0 fully saturated rings. The molecule has 0 spiro atoms. The Kier molecular flexibility index (Phi) is 4.38. The van der Waals surface area contributed by atoms with Gasteiger partial charge in [-0.1, -0.05) is 12.1 Å². The number of sulfonamides is 1. The minimum absolute atomic E-state index is 0.115. The summed E-state index contributed by atoms with van der Waals surface area (Å²) in [5, 5.41) is 9.53. The molecule has 7 heteroatoms. The van der Waals surface area contributed by atoms with Crippen LogP contribution in [0.15, 0.2) is 34.9 Å². The van der Waals surface area contributed by atoms with Crippen molar-refractivity contribution in [3.05, 3.63) is 34.9 Å². The molecule has 2 N–H and O–H groups in total. The molecule has 0 aliphatic rings. The molecule has 5 nitrogen and oxygen atoms in total. The summed E-state index contributed by atoms with van der Waals surface area (Å²) in [5.74, 6) is -0.115. The Bertz CT molecular complexity index is 688. The predicted octanol–water partition coefficient (Wildman–Crippen LogP) is 2.12. The highest BCUT2D eigenvalue weighted by molar-refractivity contribution is 9.10. The number of aromatic nitrogens is 1. The smallest absolute Gasteiger partial charge is 0.232 e. The van der Waals surface area contributed by atoms with E-state index in [1.54, 1.807) is 18.3 Å². The third-order valence-corrected chi connectivity index (χ3v) is 4.30. The Labute approximate surface area is 119 Å². The molecule has 0 amide bonds. The molecule has 102 valence electrons. The van der Waals surface area contributed by atoms with Crippen molar-refractivity contribution in [3.8, 4) is 0 Å². The van der Waals surface area contributed by atoms with Crippen LogP contribution in [-0.4, -0.2) is 30.9 Å². The summed E-state index contributed by atoms with van der Waals surface area (Å²) in [5.41, 5.74) is 1.04. The van der Waals surface area contributed by atoms with Crippen LogP contribution >= 0.6 is 15.9 Å². The summed E-state index contributed by atoms with van der Waals surface area (Å²) in [4.78, 5) is 4.22. The van der Waals surface area contributed by atoms with Crippen molar-refractivity contribution in [1.29, 1.82) is 0 Å². The minimum atomic E-state index is -3.46. The van der Waals surface area contributed by atoms with Crippen LogP contribution < -0.4 is 4.72 Å². The second-order valence-corrected chi connectivity index (χ2v) is 6.79. The molecule has 0 saturated carbocycles. The zero-order valence-corrected chi connectivity index (χ0v) is 12.4. The number of nitrogens with one attached hydrogen (secondary N) is 1. The van der Waals surface area contributed by atoms with Crippen LogP contribution in [0.25, 0.3) is 10.9 Å². The van der Waals surface area contributed by atoms with Gasteiger partial charge in [-0.25, -0.2) is 8.42 Å². The monoisotopic (exact) mass is 344 g/mol. The summed E-state index contributed by atoms with van der Waals surface area (Å²) in [7, 11) is -3.46. The van der Waals surface area contributed by atoms with Crippen LogP contribution in [0, 0.1) is 0 Å². The fourth-order valence-electron chi connectivity index (χ4n) is 1.69. The molecule has 0 aliphatic carbocycles. The summed E-state index contributed by atoms with van der Waals surface area (Å²) < 4.78 is 27.0. The lowest BCUT2D eigenvalue weighted by Gasteiger charge is -2.09. The Morgan fingerprint density at radius 3 is 2.89 bits per heavy atom. The first-order chi connectivity index (χ1) is 9.02. The standard InChI is InChI=1S/C12H13BrN2O3S/c13-10-7-9-3-1-4-11(12(9)14-8-10)15-19(17,18)6-2-5-16/h1,3-4,7-8,15-16H,2,5-6H2. The van der Waals surface area contributed by atoms with Crippen molar-refractivity contribution < 1.29 is 13.5 Å². The highest BCUT2D eigenvalue weighted by Crippen LogP contribution is 2.24. The molecular weight excluding hydrogens is 332 g/mol. The lowest BCUT2D eigenvalue weighted by Crippen LogP contribution is -2.17. The normalized spacial score (nSPS) is 11.7. The van der Waals surface area contributed by atoms with Gasteiger partial charge >= 0.3 is 0 Å². The number of hydrogen-bond donors (Lipinski definition) is 2. The molecule has 0 aliphatic heterocycles. The van der Waals surface area contributed by atoms with E-state index in [4.69, 9.17) is 5.11 Å². The van der Waals surface area contributed by atoms with Gasteiger partial charge in [0.1, 0.15) is 0 Å². The topological polar surface area (TPSA) is 79.3 Å². The second kappa shape index (κ2) is 5.85. The molecular formula is C12H13BrN2O3S. The Morgan fingerprint density at radius 2 is 2.16 bits per heavy atom. The van der Waals surface area contributed by atoms with Crippen LogP contribution in [-0.2, 0) is 10.0 Å². The zero-order valence-electron chi connectivity index (χ0n) is 10.0. The number of fused-ring (bicyclic) bond motifs is 1. The van der Waals surface area contributed by atoms with Gasteiger partial charge in [0.2, 0.25) is 10.0 Å². The number of rotatable bonds is 5. The zero-order chi connectivity index (χ0) is 13.9. The molecule has 19 heavy (non-hydrogen) atoms. The van der Waals surface area contributed by atoms with E-state index in [2.05, 4.69) is 25.6 Å². The number of hydrogen-bond acceptors (Lipinski definition) is 4. The number of aliphatic hydroxyl groups excluding tert-OH is 1. The lowest BCUT2D eigenvalue weighted by atomic mass is 10.2. The average molecular weight is 345 g/mol. The van der Waals surface area contributed by atoms with Crippen molar-refractivity contribution in [3.63, 3.8) is 0 Å². The van der Waals surface area contributed by atoms with Crippen LogP contribution in [0.1, 0.15) is 6.42 Å².